The smallest absolute Gasteiger partial charge is 0.282 e. The minimum atomic E-state index is -2.73. The van der Waals surface area contributed by atoms with Crippen LogP contribution < -0.4 is 10.1 Å². The summed E-state index contributed by atoms with van der Waals surface area (Å²) >= 11 is 1.23. The van der Waals surface area contributed by atoms with Gasteiger partial charge < -0.3 is 4.74 Å². The van der Waals surface area contributed by atoms with Gasteiger partial charge in [-0.15, -0.1) is 11.3 Å². The summed E-state index contributed by atoms with van der Waals surface area (Å²) in [6.07, 6.45) is -3.04. The summed E-state index contributed by atoms with van der Waals surface area (Å²) in [6, 6.07) is 10.4. The monoisotopic (exact) mass is 378 g/mol. The first-order chi connectivity index (χ1) is 12.4. The predicted molar refractivity (Wildman–Crippen MR) is 93.7 cm³/mol. The normalized spacial score (nSPS) is 12.2. The van der Waals surface area contributed by atoms with E-state index in [0.29, 0.717) is 16.6 Å². The van der Waals surface area contributed by atoms with Gasteiger partial charge in [-0.25, -0.2) is 13.8 Å². The second kappa shape index (κ2) is 7.61. The van der Waals surface area contributed by atoms with Crippen LogP contribution in [0.5, 0.6) is 5.75 Å². The molecule has 1 atom stereocenters. The Balaban J connectivity index is 1.67. The number of aryl methyl sites for hydroxylation is 1. The number of rotatable bonds is 6. The number of carbonyl (C=O) groups is 1. The number of benzene rings is 1. The van der Waals surface area contributed by atoms with E-state index in [4.69, 9.17) is 4.74 Å². The fraction of sp³-hybridized carbons (Fsp3) is 0.235. The molecule has 6 nitrogen and oxygen atoms in total. The van der Waals surface area contributed by atoms with Crippen LogP contribution in [0.25, 0.3) is 0 Å². The van der Waals surface area contributed by atoms with Crippen LogP contribution in [0.15, 0.2) is 41.8 Å². The molecule has 1 aromatic carbocycles. The average Bonchev–Trinajstić information content (AvgIpc) is 3.22. The molecule has 0 aliphatic carbocycles. The molecule has 2 heterocycles. The molecule has 0 spiro atoms. The summed E-state index contributed by atoms with van der Waals surface area (Å²) in [5.74, 6) is 0.164. The van der Waals surface area contributed by atoms with Crippen LogP contribution >= 0.6 is 11.3 Å². The highest BCUT2D eigenvalue weighted by atomic mass is 32.1. The Bertz CT molecular complexity index is 895. The van der Waals surface area contributed by atoms with E-state index in [9.17, 15) is 13.6 Å². The van der Waals surface area contributed by atoms with Crippen molar-refractivity contribution in [3.8, 4) is 5.75 Å². The van der Waals surface area contributed by atoms with Gasteiger partial charge in [0.25, 0.3) is 12.3 Å². The van der Waals surface area contributed by atoms with Crippen molar-refractivity contribution in [2.75, 3.05) is 5.32 Å². The van der Waals surface area contributed by atoms with Crippen molar-refractivity contribution in [2.45, 2.75) is 19.5 Å². The van der Waals surface area contributed by atoms with E-state index in [1.54, 1.807) is 5.38 Å². The van der Waals surface area contributed by atoms with E-state index in [1.807, 2.05) is 37.3 Å². The largest absolute Gasteiger partial charge is 0.484 e. The molecule has 1 amide bonds. The van der Waals surface area contributed by atoms with Gasteiger partial charge in [-0.2, -0.15) is 5.10 Å². The third-order valence-corrected chi connectivity index (χ3v) is 4.35. The van der Waals surface area contributed by atoms with Gasteiger partial charge in [0.1, 0.15) is 23.2 Å². The number of nitrogens with one attached hydrogen (secondary N) is 1. The Morgan fingerprint density at radius 1 is 1.27 bits per heavy atom. The molecule has 1 N–H and O–H groups in total. The zero-order chi connectivity index (χ0) is 18.7. The lowest BCUT2D eigenvalue weighted by Crippen LogP contribution is -2.16. The van der Waals surface area contributed by atoms with Gasteiger partial charge in [-0.1, -0.05) is 18.2 Å². The highest BCUT2D eigenvalue weighted by Gasteiger charge is 2.20. The van der Waals surface area contributed by atoms with Gasteiger partial charge in [0.2, 0.25) is 0 Å². The number of alkyl halides is 2. The fourth-order valence-corrected chi connectivity index (χ4v) is 3.05. The quantitative estimate of drug-likeness (QED) is 0.698. The summed E-state index contributed by atoms with van der Waals surface area (Å²) in [7, 11) is 1.43. The fourth-order valence-electron chi connectivity index (χ4n) is 2.26. The highest BCUT2D eigenvalue weighted by Crippen LogP contribution is 2.25. The first-order valence-corrected chi connectivity index (χ1v) is 8.62. The van der Waals surface area contributed by atoms with Crippen LogP contribution in [0, 0.1) is 0 Å². The van der Waals surface area contributed by atoms with Crippen molar-refractivity contribution in [2.24, 2.45) is 7.05 Å². The Morgan fingerprint density at radius 2 is 2.00 bits per heavy atom. The maximum absolute atomic E-state index is 12.7. The molecule has 1 unspecified atom stereocenters. The Labute approximate surface area is 152 Å². The molecule has 0 fully saturated rings. The first kappa shape index (κ1) is 18.0. The van der Waals surface area contributed by atoms with E-state index < -0.39 is 18.0 Å². The molecule has 136 valence electrons. The second-order valence-electron chi connectivity index (χ2n) is 5.48. The Kier molecular flexibility index (Phi) is 5.27. The number of anilines is 1. The lowest BCUT2D eigenvalue weighted by atomic mass is 10.3. The van der Waals surface area contributed by atoms with Gasteiger partial charge >= 0.3 is 0 Å². The van der Waals surface area contributed by atoms with Crippen LogP contribution in [0.2, 0.25) is 0 Å². The third-order valence-electron chi connectivity index (χ3n) is 3.57. The molecule has 0 radical (unpaired) electrons. The Morgan fingerprint density at radius 3 is 2.65 bits per heavy atom. The van der Waals surface area contributed by atoms with Crippen LogP contribution in [-0.4, -0.2) is 20.7 Å². The predicted octanol–water partition coefficient (Wildman–Crippen LogP) is 4.21. The van der Waals surface area contributed by atoms with Crippen LogP contribution in [-0.2, 0) is 7.05 Å². The van der Waals surface area contributed by atoms with Gasteiger partial charge in [-0.05, 0) is 25.1 Å². The van der Waals surface area contributed by atoms with E-state index in [2.05, 4.69) is 15.4 Å². The highest BCUT2D eigenvalue weighted by molar-refractivity contribution is 7.14. The number of amides is 1. The number of para-hydroxylation sites is 1. The van der Waals surface area contributed by atoms with Crippen molar-refractivity contribution in [1.82, 2.24) is 14.8 Å². The van der Waals surface area contributed by atoms with Crippen LogP contribution in [0.3, 0.4) is 0 Å². The lowest BCUT2D eigenvalue weighted by Gasteiger charge is -2.12. The van der Waals surface area contributed by atoms with Gasteiger partial charge in [0, 0.05) is 12.4 Å². The van der Waals surface area contributed by atoms with Crippen molar-refractivity contribution < 1.29 is 18.3 Å². The number of hydrogen-bond acceptors (Lipinski definition) is 5. The van der Waals surface area contributed by atoms with Gasteiger partial charge in [0.05, 0.1) is 5.69 Å². The number of nitrogens with zero attached hydrogens (tertiary/aromatic N) is 3. The lowest BCUT2D eigenvalue weighted by molar-refractivity contribution is 0.101. The molecule has 9 heteroatoms. The minimum Gasteiger partial charge on any atom is -0.484 e. The van der Waals surface area contributed by atoms with E-state index in [1.165, 1.54) is 18.4 Å². The van der Waals surface area contributed by atoms with Crippen LogP contribution in [0.4, 0.5) is 13.9 Å². The molecule has 0 aliphatic rings. The standard InChI is InChI=1S/C17H16F2N4O2S/c1-10(25-11-6-4-3-5-7-11)13-9-26-17(20-13)21-16(24)14-8-12(15(18)19)22-23(14)2/h3-10,15H,1-2H3,(H,20,21,24). The number of halogens is 2. The van der Waals surface area contributed by atoms with Crippen molar-refractivity contribution in [3.05, 3.63) is 58.9 Å². The molecule has 3 rings (SSSR count). The van der Waals surface area contributed by atoms with Crippen molar-refractivity contribution in [3.63, 3.8) is 0 Å². The summed E-state index contributed by atoms with van der Waals surface area (Å²) < 4.78 is 32.3. The zero-order valence-corrected chi connectivity index (χ0v) is 14.8. The maximum atomic E-state index is 12.7. The van der Waals surface area contributed by atoms with Gasteiger partial charge in [0.15, 0.2) is 5.13 Å². The molecule has 0 saturated heterocycles. The summed E-state index contributed by atoms with van der Waals surface area (Å²) in [4.78, 5) is 16.6. The zero-order valence-electron chi connectivity index (χ0n) is 14.0. The molecule has 26 heavy (non-hydrogen) atoms. The van der Waals surface area contributed by atoms with Crippen molar-refractivity contribution in [1.29, 1.82) is 0 Å². The van der Waals surface area contributed by atoms with Gasteiger partial charge in [-0.3, -0.25) is 14.8 Å². The summed E-state index contributed by atoms with van der Waals surface area (Å²) in [5, 5.41) is 8.35. The molecule has 0 aliphatic heterocycles. The Hall–Kier alpha value is -2.81. The third kappa shape index (κ3) is 4.05. The summed E-state index contributed by atoms with van der Waals surface area (Å²) in [6.45, 7) is 1.85. The summed E-state index contributed by atoms with van der Waals surface area (Å²) in [5.41, 5.74) is 0.250. The average molecular weight is 378 g/mol. The number of aromatic nitrogens is 3. The molecular formula is C17H16F2N4O2S. The molecule has 3 aromatic rings. The number of ether oxygens (including phenoxy) is 1. The molecule has 2 aromatic heterocycles. The number of hydrogen-bond donors (Lipinski definition) is 1. The molecular weight excluding hydrogens is 362 g/mol. The maximum Gasteiger partial charge on any atom is 0.282 e. The molecule has 0 saturated carbocycles. The SMILES string of the molecule is CC(Oc1ccccc1)c1csc(NC(=O)c2cc(C(F)F)nn2C)n1. The minimum absolute atomic E-state index is 0.0330. The van der Waals surface area contributed by atoms with E-state index in [0.717, 1.165) is 10.7 Å². The topological polar surface area (TPSA) is 69.0 Å². The van der Waals surface area contributed by atoms with E-state index >= 15 is 0 Å². The van der Waals surface area contributed by atoms with Crippen LogP contribution in [0.1, 0.15) is 41.3 Å². The number of thiazole rings is 1. The molecule has 0 bridgehead atoms. The number of carbonyl (C=O) groups excluding carboxylic acids is 1. The second-order valence-corrected chi connectivity index (χ2v) is 6.34. The van der Waals surface area contributed by atoms with Crippen molar-refractivity contribution >= 4 is 22.4 Å². The van der Waals surface area contributed by atoms with E-state index in [-0.39, 0.29) is 11.8 Å². The first-order valence-electron chi connectivity index (χ1n) is 7.74.